The number of pyridine rings is 1. The minimum atomic E-state index is 0.414. The summed E-state index contributed by atoms with van der Waals surface area (Å²) in [7, 11) is 0. The van der Waals surface area contributed by atoms with Crippen LogP contribution in [0.1, 0.15) is 45.1 Å². The highest BCUT2D eigenvalue weighted by Gasteiger charge is 2.20. The van der Waals surface area contributed by atoms with Gasteiger partial charge in [-0.2, -0.15) is 0 Å². The zero-order valence-electron chi connectivity index (χ0n) is 13.5. The van der Waals surface area contributed by atoms with E-state index in [0.717, 1.165) is 44.9 Å². The van der Waals surface area contributed by atoms with E-state index in [1.165, 1.54) is 24.9 Å². The minimum Gasteiger partial charge on any atom is -0.377 e. The summed E-state index contributed by atoms with van der Waals surface area (Å²) >= 11 is 0. The molecule has 0 bridgehead atoms. The first kappa shape index (κ1) is 16.2. The van der Waals surface area contributed by atoms with E-state index in [4.69, 9.17) is 4.74 Å². The van der Waals surface area contributed by atoms with E-state index in [-0.39, 0.29) is 0 Å². The number of rotatable bonds is 8. The second kappa shape index (κ2) is 9.00. The molecule has 1 aliphatic heterocycles. The highest BCUT2D eigenvalue weighted by Crippen LogP contribution is 2.16. The molecule has 0 radical (unpaired) electrons. The summed E-state index contributed by atoms with van der Waals surface area (Å²) in [4.78, 5) is 6.97. The molecule has 1 saturated heterocycles. The highest BCUT2D eigenvalue weighted by atomic mass is 16.5. The van der Waals surface area contributed by atoms with Crippen LogP contribution in [0.15, 0.2) is 18.3 Å². The Hall–Kier alpha value is -1.13. The molecule has 0 saturated carbocycles. The lowest BCUT2D eigenvalue weighted by atomic mass is 10.1. The smallest absolute Gasteiger partial charge is 0.125 e. The third-order valence-corrected chi connectivity index (χ3v) is 3.81. The third kappa shape index (κ3) is 5.64. The molecule has 0 aromatic carbocycles. The third-order valence-electron chi connectivity index (χ3n) is 3.81. The van der Waals surface area contributed by atoms with Gasteiger partial charge in [-0.3, -0.25) is 4.90 Å². The molecule has 1 aromatic rings. The van der Waals surface area contributed by atoms with E-state index in [9.17, 15) is 0 Å². The molecule has 21 heavy (non-hydrogen) atoms. The van der Waals surface area contributed by atoms with Gasteiger partial charge < -0.3 is 10.1 Å². The van der Waals surface area contributed by atoms with Gasteiger partial charge in [0, 0.05) is 32.4 Å². The van der Waals surface area contributed by atoms with Crippen LogP contribution in [0.3, 0.4) is 0 Å². The van der Waals surface area contributed by atoms with E-state index >= 15 is 0 Å². The molecule has 118 valence electrons. The van der Waals surface area contributed by atoms with Crippen molar-refractivity contribution in [1.82, 2.24) is 9.88 Å². The molecule has 0 aliphatic carbocycles. The molecule has 1 fully saturated rings. The van der Waals surface area contributed by atoms with Gasteiger partial charge in [-0.05, 0) is 43.9 Å². The molecule has 0 amide bonds. The summed E-state index contributed by atoms with van der Waals surface area (Å²) in [6.07, 6.45) is 7.07. The Labute approximate surface area is 128 Å². The predicted molar refractivity (Wildman–Crippen MR) is 87.6 cm³/mol. The predicted octanol–water partition coefficient (Wildman–Crippen LogP) is 3.29. The lowest BCUT2D eigenvalue weighted by Crippen LogP contribution is -2.39. The normalized spacial score (nSPS) is 19.6. The average Bonchev–Trinajstić information content (AvgIpc) is 2.53. The lowest BCUT2D eigenvalue weighted by Gasteiger charge is -2.32. The van der Waals surface area contributed by atoms with Crippen molar-refractivity contribution in [2.75, 3.05) is 31.6 Å². The Morgan fingerprint density at radius 1 is 1.33 bits per heavy atom. The number of hydrogen-bond acceptors (Lipinski definition) is 4. The maximum Gasteiger partial charge on any atom is 0.125 e. The maximum atomic E-state index is 5.90. The largest absolute Gasteiger partial charge is 0.377 e. The Morgan fingerprint density at radius 3 is 2.95 bits per heavy atom. The fourth-order valence-corrected chi connectivity index (χ4v) is 2.71. The summed E-state index contributed by atoms with van der Waals surface area (Å²) in [5.74, 6) is 0.975. The van der Waals surface area contributed by atoms with Gasteiger partial charge in [-0.25, -0.2) is 4.98 Å². The highest BCUT2D eigenvalue weighted by molar-refractivity contribution is 5.35. The molecule has 1 atom stereocenters. The molecule has 4 heteroatoms. The Kier molecular flexibility index (Phi) is 6.96. The second-order valence-corrected chi connectivity index (χ2v) is 5.85. The van der Waals surface area contributed by atoms with Crippen LogP contribution in [0.25, 0.3) is 0 Å². The number of ether oxygens (including phenoxy) is 1. The number of piperidine rings is 1. The van der Waals surface area contributed by atoms with Crippen LogP contribution in [-0.4, -0.2) is 42.2 Å². The van der Waals surface area contributed by atoms with Gasteiger partial charge in [0.25, 0.3) is 0 Å². The molecule has 1 aromatic heterocycles. The number of hydrogen-bond donors (Lipinski definition) is 1. The van der Waals surface area contributed by atoms with Gasteiger partial charge in [0.05, 0.1) is 6.10 Å². The zero-order valence-corrected chi connectivity index (χ0v) is 13.5. The van der Waals surface area contributed by atoms with E-state index in [2.05, 4.69) is 41.2 Å². The van der Waals surface area contributed by atoms with Crippen LogP contribution >= 0.6 is 0 Å². The van der Waals surface area contributed by atoms with Gasteiger partial charge >= 0.3 is 0 Å². The first-order valence-electron chi connectivity index (χ1n) is 8.34. The lowest BCUT2D eigenvalue weighted by molar-refractivity contribution is -0.00225. The van der Waals surface area contributed by atoms with E-state index in [1.807, 2.05) is 6.20 Å². The van der Waals surface area contributed by atoms with Crippen LogP contribution in [0.5, 0.6) is 0 Å². The van der Waals surface area contributed by atoms with E-state index in [0.29, 0.717) is 6.10 Å². The number of aromatic nitrogens is 1. The number of anilines is 1. The average molecular weight is 291 g/mol. The van der Waals surface area contributed by atoms with Crippen molar-refractivity contribution in [3.8, 4) is 0 Å². The van der Waals surface area contributed by atoms with E-state index < -0.39 is 0 Å². The summed E-state index contributed by atoms with van der Waals surface area (Å²) < 4.78 is 5.90. The van der Waals surface area contributed by atoms with Crippen molar-refractivity contribution in [2.45, 2.75) is 52.2 Å². The molecule has 4 nitrogen and oxygen atoms in total. The standard InChI is InChI=1S/C17H29N3O/c1-3-9-18-17-8-7-15(12-19-17)13-20-10-5-6-16(14-20)21-11-4-2/h7-8,12,16H,3-6,9-11,13-14H2,1-2H3,(H,18,19). The fourth-order valence-electron chi connectivity index (χ4n) is 2.71. The van der Waals surface area contributed by atoms with Crippen molar-refractivity contribution in [3.63, 3.8) is 0 Å². The monoisotopic (exact) mass is 291 g/mol. The van der Waals surface area contributed by atoms with Crippen molar-refractivity contribution < 1.29 is 4.74 Å². The van der Waals surface area contributed by atoms with Gasteiger partial charge in [0.15, 0.2) is 0 Å². The van der Waals surface area contributed by atoms with Crippen molar-refractivity contribution in [2.24, 2.45) is 0 Å². The fraction of sp³-hybridized carbons (Fsp3) is 0.706. The minimum absolute atomic E-state index is 0.414. The van der Waals surface area contributed by atoms with Gasteiger partial charge in [0.1, 0.15) is 5.82 Å². The Bertz CT molecular complexity index is 394. The van der Waals surface area contributed by atoms with Crippen LogP contribution in [0.4, 0.5) is 5.82 Å². The zero-order chi connectivity index (χ0) is 14.9. The summed E-state index contributed by atoms with van der Waals surface area (Å²) in [5, 5.41) is 3.31. The first-order chi connectivity index (χ1) is 10.3. The molecular formula is C17H29N3O. The van der Waals surface area contributed by atoms with Crippen LogP contribution in [-0.2, 0) is 11.3 Å². The number of nitrogens with zero attached hydrogens (tertiary/aromatic N) is 2. The SMILES string of the molecule is CCCNc1ccc(CN2CCCC(OCCC)C2)cn1. The van der Waals surface area contributed by atoms with Crippen molar-refractivity contribution in [1.29, 1.82) is 0 Å². The molecular weight excluding hydrogens is 262 g/mol. The van der Waals surface area contributed by atoms with Crippen molar-refractivity contribution >= 4 is 5.82 Å². The number of nitrogens with one attached hydrogen (secondary N) is 1. The summed E-state index contributed by atoms with van der Waals surface area (Å²) in [5.41, 5.74) is 1.29. The number of likely N-dealkylation sites (tertiary alicyclic amines) is 1. The maximum absolute atomic E-state index is 5.90. The molecule has 2 heterocycles. The quantitative estimate of drug-likeness (QED) is 0.797. The summed E-state index contributed by atoms with van der Waals surface area (Å²) in [6, 6.07) is 4.27. The molecule has 2 rings (SSSR count). The molecule has 1 unspecified atom stereocenters. The molecule has 1 N–H and O–H groups in total. The Balaban J connectivity index is 1.80. The van der Waals surface area contributed by atoms with Crippen LogP contribution in [0.2, 0.25) is 0 Å². The van der Waals surface area contributed by atoms with Crippen LogP contribution in [0, 0.1) is 0 Å². The topological polar surface area (TPSA) is 37.4 Å². The Morgan fingerprint density at radius 2 is 2.24 bits per heavy atom. The molecule has 0 spiro atoms. The van der Waals surface area contributed by atoms with E-state index in [1.54, 1.807) is 0 Å². The van der Waals surface area contributed by atoms with Gasteiger partial charge in [-0.15, -0.1) is 0 Å². The second-order valence-electron chi connectivity index (χ2n) is 5.85. The van der Waals surface area contributed by atoms with Gasteiger partial charge in [0.2, 0.25) is 0 Å². The summed E-state index contributed by atoms with van der Waals surface area (Å²) in [6.45, 7) is 9.40. The first-order valence-corrected chi connectivity index (χ1v) is 8.34. The van der Waals surface area contributed by atoms with Crippen LogP contribution < -0.4 is 5.32 Å². The van der Waals surface area contributed by atoms with Crippen molar-refractivity contribution in [3.05, 3.63) is 23.9 Å². The van der Waals surface area contributed by atoms with Gasteiger partial charge in [-0.1, -0.05) is 19.9 Å². The molecule has 1 aliphatic rings.